The maximum Gasteiger partial charge on any atom is 0.147 e. The third kappa shape index (κ3) is 5.88. The maximum atomic E-state index is 11.3. The van der Waals surface area contributed by atoms with E-state index in [9.17, 15) is 12.8 Å². The molecule has 0 fully saturated rings. The number of sulfone groups is 1. The zero-order valence-electron chi connectivity index (χ0n) is 4.72. The molecule has 50 valence electrons. The predicted molar refractivity (Wildman–Crippen MR) is 30.3 cm³/mol. The SMILES string of the molecule is CS(=O)(=O)CCCF. The van der Waals surface area contributed by atoms with Crippen molar-refractivity contribution >= 4 is 9.84 Å². The van der Waals surface area contributed by atoms with Crippen LogP contribution in [0.2, 0.25) is 0 Å². The van der Waals surface area contributed by atoms with E-state index < -0.39 is 16.5 Å². The van der Waals surface area contributed by atoms with Gasteiger partial charge in [0, 0.05) is 6.26 Å². The van der Waals surface area contributed by atoms with Crippen molar-refractivity contribution in [1.29, 1.82) is 0 Å². The van der Waals surface area contributed by atoms with Crippen LogP contribution in [0.5, 0.6) is 0 Å². The average Bonchev–Trinajstić information content (AvgIpc) is 1.59. The van der Waals surface area contributed by atoms with E-state index in [0.29, 0.717) is 0 Å². The van der Waals surface area contributed by atoms with Crippen molar-refractivity contribution in [2.75, 3.05) is 18.7 Å². The van der Waals surface area contributed by atoms with Crippen LogP contribution in [0.15, 0.2) is 0 Å². The lowest BCUT2D eigenvalue weighted by molar-refractivity contribution is 0.485. The molecule has 0 saturated heterocycles. The molecule has 0 bridgehead atoms. The van der Waals surface area contributed by atoms with Gasteiger partial charge in [-0.3, -0.25) is 4.39 Å². The van der Waals surface area contributed by atoms with Crippen LogP contribution in [0, 0.1) is 0 Å². The Morgan fingerprint density at radius 2 is 2.00 bits per heavy atom. The zero-order valence-corrected chi connectivity index (χ0v) is 5.54. The summed E-state index contributed by atoms with van der Waals surface area (Å²) in [6.07, 6.45) is 1.22. The quantitative estimate of drug-likeness (QED) is 0.568. The van der Waals surface area contributed by atoms with Crippen molar-refractivity contribution in [3.63, 3.8) is 0 Å². The Morgan fingerprint density at radius 3 is 2.12 bits per heavy atom. The number of halogens is 1. The molecule has 0 unspecified atom stereocenters. The van der Waals surface area contributed by atoms with Crippen LogP contribution in [0.4, 0.5) is 4.39 Å². The second-order valence-corrected chi connectivity index (χ2v) is 3.93. The molecule has 0 N–H and O–H groups in total. The average molecular weight is 140 g/mol. The van der Waals surface area contributed by atoms with Crippen LogP contribution in [0.25, 0.3) is 0 Å². The molecule has 0 aliphatic heterocycles. The van der Waals surface area contributed by atoms with Gasteiger partial charge >= 0.3 is 0 Å². The molecule has 0 aromatic heterocycles. The van der Waals surface area contributed by atoms with Crippen LogP contribution in [-0.4, -0.2) is 27.1 Å². The Kier molecular flexibility index (Phi) is 2.97. The molecule has 0 aromatic rings. The lowest BCUT2D eigenvalue weighted by atomic mass is 10.6. The van der Waals surface area contributed by atoms with Crippen LogP contribution in [0.3, 0.4) is 0 Å². The van der Waals surface area contributed by atoms with E-state index in [-0.39, 0.29) is 12.2 Å². The first-order valence-electron chi connectivity index (χ1n) is 2.30. The number of alkyl halides is 1. The Bertz CT molecular complexity index is 138. The van der Waals surface area contributed by atoms with Gasteiger partial charge in [-0.25, -0.2) is 8.42 Å². The number of rotatable bonds is 3. The highest BCUT2D eigenvalue weighted by Gasteiger charge is 1.98. The normalized spacial score (nSPS) is 11.8. The molecule has 0 aromatic carbocycles. The van der Waals surface area contributed by atoms with Crippen molar-refractivity contribution < 1.29 is 12.8 Å². The molecule has 0 aliphatic carbocycles. The van der Waals surface area contributed by atoms with Gasteiger partial charge in [0.05, 0.1) is 12.4 Å². The summed E-state index contributed by atoms with van der Waals surface area (Å²) >= 11 is 0. The summed E-state index contributed by atoms with van der Waals surface area (Å²) in [4.78, 5) is 0. The van der Waals surface area contributed by atoms with Gasteiger partial charge in [-0.1, -0.05) is 0 Å². The first kappa shape index (κ1) is 7.88. The van der Waals surface area contributed by atoms with Crippen molar-refractivity contribution in [2.24, 2.45) is 0 Å². The molecule has 2 nitrogen and oxygen atoms in total. The van der Waals surface area contributed by atoms with E-state index in [2.05, 4.69) is 0 Å². The van der Waals surface area contributed by atoms with Gasteiger partial charge in [0.2, 0.25) is 0 Å². The van der Waals surface area contributed by atoms with Crippen LogP contribution < -0.4 is 0 Å². The summed E-state index contributed by atoms with van der Waals surface area (Å²) in [7, 11) is -2.93. The van der Waals surface area contributed by atoms with E-state index in [4.69, 9.17) is 0 Å². The zero-order chi connectivity index (χ0) is 6.62. The molecule has 8 heavy (non-hydrogen) atoms. The van der Waals surface area contributed by atoms with Crippen LogP contribution in [-0.2, 0) is 9.84 Å². The monoisotopic (exact) mass is 140 g/mol. The van der Waals surface area contributed by atoms with Crippen LogP contribution in [0.1, 0.15) is 6.42 Å². The molecule has 0 heterocycles. The summed E-state index contributed by atoms with van der Waals surface area (Å²) < 4.78 is 31.7. The highest BCUT2D eigenvalue weighted by Crippen LogP contribution is 1.87. The summed E-state index contributed by atoms with van der Waals surface area (Å²) in [5.74, 6) is -0.0382. The fourth-order valence-electron chi connectivity index (χ4n) is 0.317. The van der Waals surface area contributed by atoms with Crippen molar-refractivity contribution in [2.45, 2.75) is 6.42 Å². The van der Waals surface area contributed by atoms with Gasteiger partial charge in [0.25, 0.3) is 0 Å². The fourth-order valence-corrected chi connectivity index (χ4v) is 0.950. The molecule has 0 atom stereocenters. The van der Waals surface area contributed by atoms with E-state index in [1.165, 1.54) is 0 Å². The Hall–Kier alpha value is -0.120. The van der Waals surface area contributed by atoms with Gasteiger partial charge in [0.15, 0.2) is 0 Å². The third-order valence-electron chi connectivity index (χ3n) is 0.649. The Labute approximate surface area is 48.6 Å². The van der Waals surface area contributed by atoms with Gasteiger partial charge in [0.1, 0.15) is 9.84 Å². The summed E-state index contributed by atoms with van der Waals surface area (Å²) in [5, 5.41) is 0. The van der Waals surface area contributed by atoms with Gasteiger partial charge in [-0.2, -0.15) is 0 Å². The highest BCUT2D eigenvalue weighted by molar-refractivity contribution is 7.90. The van der Waals surface area contributed by atoms with Gasteiger partial charge < -0.3 is 0 Å². The van der Waals surface area contributed by atoms with E-state index in [0.717, 1.165) is 6.26 Å². The second-order valence-electron chi connectivity index (χ2n) is 1.67. The first-order valence-corrected chi connectivity index (χ1v) is 4.36. The molecule has 4 heteroatoms. The van der Waals surface area contributed by atoms with Gasteiger partial charge in [-0.15, -0.1) is 0 Å². The molecule has 0 spiro atoms. The molecule has 0 rings (SSSR count). The summed E-state index contributed by atoms with van der Waals surface area (Å²) in [6.45, 7) is -0.549. The molecule has 0 aliphatic rings. The van der Waals surface area contributed by atoms with E-state index >= 15 is 0 Å². The molecular formula is C4H9FO2S. The molecule has 0 saturated carbocycles. The van der Waals surface area contributed by atoms with Crippen molar-refractivity contribution in [3.8, 4) is 0 Å². The van der Waals surface area contributed by atoms with Crippen molar-refractivity contribution in [3.05, 3.63) is 0 Å². The fraction of sp³-hybridized carbons (Fsp3) is 1.00. The Balaban J connectivity index is 3.42. The largest absolute Gasteiger partial charge is 0.251 e. The minimum atomic E-state index is -2.93. The minimum Gasteiger partial charge on any atom is -0.251 e. The molecule has 0 amide bonds. The second kappa shape index (κ2) is 3.02. The molecular weight excluding hydrogens is 131 g/mol. The predicted octanol–water partition coefficient (Wildman–Crippen LogP) is 0.391. The van der Waals surface area contributed by atoms with Crippen LogP contribution >= 0.6 is 0 Å². The lowest BCUT2D eigenvalue weighted by Crippen LogP contribution is -2.02. The topological polar surface area (TPSA) is 34.1 Å². The lowest BCUT2D eigenvalue weighted by Gasteiger charge is -1.89. The highest BCUT2D eigenvalue weighted by atomic mass is 32.2. The standard InChI is InChI=1S/C4H9FO2S/c1-8(6,7)4-2-3-5/h2-4H2,1H3. The minimum absolute atomic E-state index is 0.0382. The first-order chi connectivity index (χ1) is 3.56. The van der Waals surface area contributed by atoms with Gasteiger partial charge in [-0.05, 0) is 6.42 Å². The number of hydrogen-bond acceptors (Lipinski definition) is 2. The number of hydrogen-bond donors (Lipinski definition) is 0. The summed E-state index contributed by atoms with van der Waals surface area (Å²) in [5.41, 5.74) is 0. The third-order valence-corrected chi connectivity index (χ3v) is 1.68. The Morgan fingerprint density at radius 1 is 1.50 bits per heavy atom. The maximum absolute atomic E-state index is 11.3. The summed E-state index contributed by atoms with van der Waals surface area (Å²) in [6, 6.07) is 0. The smallest absolute Gasteiger partial charge is 0.147 e. The molecule has 0 radical (unpaired) electrons. The van der Waals surface area contributed by atoms with E-state index in [1.54, 1.807) is 0 Å². The van der Waals surface area contributed by atoms with E-state index in [1.807, 2.05) is 0 Å². The van der Waals surface area contributed by atoms with Crippen molar-refractivity contribution in [1.82, 2.24) is 0 Å².